The molecule has 2 aromatic carbocycles. The summed E-state index contributed by atoms with van der Waals surface area (Å²) in [5.74, 6) is -1.11. The van der Waals surface area contributed by atoms with Crippen molar-refractivity contribution in [1.82, 2.24) is 0 Å². The van der Waals surface area contributed by atoms with Gasteiger partial charge in [0.05, 0.1) is 16.4 Å². The number of rotatable bonds is 1. The number of phenols is 2. The molecule has 1 aliphatic rings. The van der Waals surface area contributed by atoms with Crippen molar-refractivity contribution in [3.63, 3.8) is 0 Å². The highest BCUT2D eigenvalue weighted by Crippen LogP contribution is 2.36. The molecule has 5 nitrogen and oxygen atoms in total. The molecule has 0 unspecified atom stereocenters. The van der Waals surface area contributed by atoms with Gasteiger partial charge in [0.15, 0.2) is 11.5 Å². The van der Waals surface area contributed by atoms with E-state index in [1.54, 1.807) is 4.90 Å². The van der Waals surface area contributed by atoms with Gasteiger partial charge in [-0.25, -0.2) is 0 Å². The molecule has 6 heteroatoms. The third kappa shape index (κ3) is 2.36. The first kappa shape index (κ1) is 13.6. The van der Waals surface area contributed by atoms with Gasteiger partial charge in [0, 0.05) is 18.7 Å². The number of nitrogens with zero attached hydrogens (tertiary/aromatic N) is 1. The molecule has 2 aromatic rings. The summed E-state index contributed by atoms with van der Waals surface area (Å²) in [5.41, 5.74) is 1.88. The van der Waals surface area contributed by atoms with Crippen molar-refractivity contribution in [2.24, 2.45) is 0 Å². The molecule has 108 valence electrons. The second-order valence-electron chi connectivity index (χ2n) is 4.73. The molecule has 0 atom stereocenters. The van der Waals surface area contributed by atoms with Crippen molar-refractivity contribution in [3.05, 3.63) is 47.0 Å². The Hall–Kier alpha value is -2.40. The molecule has 0 saturated heterocycles. The van der Waals surface area contributed by atoms with Crippen LogP contribution in [-0.2, 0) is 0 Å². The standard InChI is InChI=1S/C15H13ClN2O3/c16-10-7-9(8-13(19)14(10)20)15(21)18-6-5-17-11-3-1-2-4-12(11)18/h1-4,7-8,17,19-20H,5-6H2. The molecule has 3 rings (SSSR count). The third-order valence-corrected chi connectivity index (χ3v) is 3.67. The molecule has 1 amide bonds. The van der Waals surface area contributed by atoms with Crippen LogP contribution in [0.1, 0.15) is 10.4 Å². The van der Waals surface area contributed by atoms with Crippen LogP contribution in [0.25, 0.3) is 0 Å². The van der Waals surface area contributed by atoms with Crippen LogP contribution in [0.2, 0.25) is 5.02 Å². The number of halogens is 1. The molecular formula is C15H13ClN2O3. The second kappa shape index (κ2) is 5.18. The maximum absolute atomic E-state index is 12.6. The number of benzene rings is 2. The van der Waals surface area contributed by atoms with Gasteiger partial charge < -0.3 is 20.4 Å². The lowest BCUT2D eigenvalue weighted by Gasteiger charge is -2.30. The van der Waals surface area contributed by atoms with Gasteiger partial charge in [-0.05, 0) is 24.3 Å². The third-order valence-electron chi connectivity index (χ3n) is 3.38. The van der Waals surface area contributed by atoms with Crippen molar-refractivity contribution in [2.75, 3.05) is 23.3 Å². The average molecular weight is 305 g/mol. The molecule has 0 bridgehead atoms. The van der Waals surface area contributed by atoms with Crippen LogP contribution in [0.3, 0.4) is 0 Å². The van der Waals surface area contributed by atoms with Crippen LogP contribution in [0, 0.1) is 0 Å². The van der Waals surface area contributed by atoms with Crippen LogP contribution in [0.15, 0.2) is 36.4 Å². The van der Waals surface area contributed by atoms with E-state index in [2.05, 4.69) is 5.32 Å². The van der Waals surface area contributed by atoms with Gasteiger partial charge in [-0.15, -0.1) is 0 Å². The minimum atomic E-state index is -0.422. The lowest BCUT2D eigenvalue weighted by molar-refractivity contribution is 0.0987. The van der Waals surface area contributed by atoms with Crippen molar-refractivity contribution in [1.29, 1.82) is 0 Å². The minimum Gasteiger partial charge on any atom is -0.504 e. The molecule has 0 aromatic heterocycles. The van der Waals surface area contributed by atoms with E-state index in [0.29, 0.717) is 13.1 Å². The van der Waals surface area contributed by atoms with Crippen LogP contribution in [-0.4, -0.2) is 29.2 Å². The highest BCUT2D eigenvalue weighted by atomic mass is 35.5. The number of phenolic OH excluding ortho intramolecular Hbond substituents is 2. The van der Waals surface area contributed by atoms with E-state index in [4.69, 9.17) is 11.6 Å². The Morgan fingerprint density at radius 2 is 2.00 bits per heavy atom. The van der Waals surface area contributed by atoms with Crippen molar-refractivity contribution in [2.45, 2.75) is 0 Å². The summed E-state index contributed by atoms with van der Waals surface area (Å²) in [6.45, 7) is 1.15. The zero-order valence-corrected chi connectivity index (χ0v) is 11.8. The molecule has 21 heavy (non-hydrogen) atoms. The summed E-state index contributed by atoms with van der Waals surface area (Å²) in [5, 5.41) is 22.2. The molecule has 3 N–H and O–H groups in total. The van der Waals surface area contributed by atoms with Crippen LogP contribution < -0.4 is 10.2 Å². The van der Waals surface area contributed by atoms with Gasteiger partial charge in [0.25, 0.3) is 5.91 Å². The Labute approximate surface area is 126 Å². The maximum atomic E-state index is 12.6. The van der Waals surface area contributed by atoms with E-state index >= 15 is 0 Å². The maximum Gasteiger partial charge on any atom is 0.258 e. The smallest absolute Gasteiger partial charge is 0.258 e. The number of fused-ring (bicyclic) bond motifs is 1. The Morgan fingerprint density at radius 1 is 1.24 bits per heavy atom. The van der Waals surface area contributed by atoms with E-state index in [9.17, 15) is 15.0 Å². The highest BCUT2D eigenvalue weighted by Gasteiger charge is 2.24. The first-order valence-corrected chi connectivity index (χ1v) is 6.82. The van der Waals surface area contributed by atoms with E-state index in [-0.39, 0.29) is 16.5 Å². The summed E-state index contributed by atoms with van der Waals surface area (Å²) in [7, 11) is 0. The van der Waals surface area contributed by atoms with Crippen molar-refractivity contribution >= 4 is 28.9 Å². The SMILES string of the molecule is O=C(c1cc(O)c(O)c(Cl)c1)N1CCNc2ccccc21. The number of amides is 1. The van der Waals surface area contributed by atoms with Gasteiger partial charge in [-0.2, -0.15) is 0 Å². The molecule has 1 heterocycles. The fourth-order valence-corrected chi connectivity index (χ4v) is 2.57. The lowest BCUT2D eigenvalue weighted by atomic mass is 10.1. The Morgan fingerprint density at radius 3 is 2.76 bits per heavy atom. The number of nitrogens with one attached hydrogen (secondary N) is 1. The summed E-state index contributed by atoms with van der Waals surface area (Å²) >= 11 is 5.81. The van der Waals surface area contributed by atoms with Gasteiger partial charge in [0.2, 0.25) is 0 Å². The van der Waals surface area contributed by atoms with Gasteiger partial charge in [-0.1, -0.05) is 23.7 Å². The molecule has 0 aliphatic carbocycles. The topological polar surface area (TPSA) is 72.8 Å². The number of carbonyl (C=O) groups is 1. The van der Waals surface area contributed by atoms with Crippen molar-refractivity contribution in [3.8, 4) is 11.5 Å². The van der Waals surface area contributed by atoms with Crippen LogP contribution in [0.5, 0.6) is 11.5 Å². The first-order chi connectivity index (χ1) is 10.1. The van der Waals surface area contributed by atoms with Crippen molar-refractivity contribution < 1.29 is 15.0 Å². The minimum absolute atomic E-state index is 0.0539. The zero-order valence-electron chi connectivity index (χ0n) is 11.0. The summed E-state index contributed by atoms with van der Waals surface area (Å²) < 4.78 is 0. The van der Waals surface area contributed by atoms with E-state index < -0.39 is 11.5 Å². The zero-order chi connectivity index (χ0) is 15.0. The molecule has 0 spiro atoms. The molecule has 0 fully saturated rings. The number of hydrogen-bond donors (Lipinski definition) is 3. The molecule has 0 radical (unpaired) electrons. The monoisotopic (exact) mass is 304 g/mol. The predicted molar refractivity (Wildman–Crippen MR) is 81.4 cm³/mol. The summed E-state index contributed by atoms with van der Waals surface area (Å²) in [4.78, 5) is 14.2. The Balaban J connectivity index is 2.00. The van der Waals surface area contributed by atoms with E-state index in [1.807, 2.05) is 24.3 Å². The normalized spacial score (nSPS) is 13.5. The number of carbonyl (C=O) groups excluding carboxylic acids is 1. The van der Waals surface area contributed by atoms with Gasteiger partial charge in [-0.3, -0.25) is 4.79 Å². The number of aromatic hydroxyl groups is 2. The fraction of sp³-hybridized carbons (Fsp3) is 0.133. The predicted octanol–water partition coefficient (Wildman–Crippen LogP) is 2.82. The largest absolute Gasteiger partial charge is 0.504 e. The van der Waals surface area contributed by atoms with Gasteiger partial charge in [0.1, 0.15) is 0 Å². The summed E-state index contributed by atoms with van der Waals surface area (Å²) in [6.07, 6.45) is 0. The quantitative estimate of drug-likeness (QED) is 0.708. The fourth-order valence-electron chi connectivity index (χ4n) is 2.36. The second-order valence-corrected chi connectivity index (χ2v) is 5.13. The van der Waals surface area contributed by atoms with E-state index in [0.717, 1.165) is 11.4 Å². The first-order valence-electron chi connectivity index (χ1n) is 6.44. The molecule has 0 saturated carbocycles. The van der Waals surface area contributed by atoms with Crippen LogP contribution in [0.4, 0.5) is 11.4 Å². The lowest BCUT2D eigenvalue weighted by Crippen LogP contribution is -2.38. The Kier molecular flexibility index (Phi) is 3.35. The average Bonchev–Trinajstić information content (AvgIpc) is 2.51. The number of para-hydroxylation sites is 2. The van der Waals surface area contributed by atoms with Crippen LogP contribution >= 0.6 is 11.6 Å². The summed E-state index contributed by atoms with van der Waals surface area (Å²) in [6, 6.07) is 10.1. The molecular weight excluding hydrogens is 292 g/mol. The number of hydrogen-bond acceptors (Lipinski definition) is 4. The number of anilines is 2. The molecule has 1 aliphatic heterocycles. The van der Waals surface area contributed by atoms with Gasteiger partial charge >= 0.3 is 0 Å². The van der Waals surface area contributed by atoms with E-state index in [1.165, 1.54) is 12.1 Å². The Bertz CT molecular complexity index is 695. The highest BCUT2D eigenvalue weighted by molar-refractivity contribution is 6.32.